The molecular weight excluding hydrogens is 348 g/mol. The lowest BCUT2D eigenvalue weighted by molar-refractivity contribution is -0.313. The van der Waals surface area contributed by atoms with Crippen LogP contribution in [0.15, 0.2) is 11.3 Å². The maximum atomic E-state index is 12.8. The van der Waals surface area contributed by atoms with Crippen molar-refractivity contribution in [3.63, 3.8) is 0 Å². The molecule has 1 saturated carbocycles. The van der Waals surface area contributed by atoms with Gasteiger partial charge in [-0.3, -0.25) is 10.1 Å². The average Bonchev–Trinajstić information content (AvgIpc) is 2.56. The van der Waals surface area contributed by atoms with Crippen LogP contribution in [0.4, 0.5) is 0 Å². The summed E-state index contributed by atoms with van der Waals surface area (Å²) in [6.07, 6.45) is 8.56. The van der Waals surface area contributed by atoms with Crippen molar-refractivity contribution < 1.29 is 9.90 Å². The van der Waals surface area contributed by atoms with Crippen LogP contribution in [-0.2, 0) is 4.79 Å². The summed E-state index contributed by atoms with van der Waals surface area (Å²) in [7, 11) is 0. The van der Waals surface area contributed by atoms with Gasteiger partial charge in [-0.15, -0.1) is 5.76 Å². The maximum absolute atomic E-state index is 12.8. The molecule has 0 radical (unpaired) electrons. The normalized spacial score (nSPS) is 23.1. The molecule has 0 aliphatic heterocycles. The predicted molar refractivity (Wildman–Crippen MR) is 114 cm³/mol. The van der Waals surface area contributed by atoms with Gasteiger partial charge in [-0.2, -0.15) is 0 Å². The largest absolute Gasteiger partial charge is 0.875 e. The molecule has 0 spiro atoms. The minimum absolute atomic E-state index is 0.0231. The fourth-order valence-corrected chi connectivity index (χ4v) is 4.58. The molecule has 0 aromatic rings. The van der Waals surface area contributed by atoms with Crippen molar-refractivity contribution in [3.05, 3.63) is 16.2 Å². The van der Waals surface area contributed by atoms with Gasteiger partial charge in [-0.05, 0) is 69.8 Å². The zero-order chi connectivity index (χ0) is 20.9. The Hall–Kier alpha value is -1.34. The summed E-state index contributed by atoms with van der Waals surface area (Å²) in [5, 5.41) is 16.4. The highest BCUT2D eigenvalue weighted by molar-refractivity contribution is 5.97. The Kier molecular flexibility index (Phi) is 7.73. The monoisotopic (exact) mass is 388 g/mol. The zero-order valence-corrected chi connectivity index (χ0v) is 18.9. The third kappa shape index (κ3) is 6.92. The fourth-order valence-electron chi connectivity index (χ4n) is 4.58. The highest BCUT2D eigenvalue weighted by Crippen LogP contribution is 2.39. The van der Waals surface area contributed by atoms with Gasteiger partial charge in [0.05, 0.1) is 0 Å². The van der Waals surface area contributed by atoms with Crippen molar-refractivity contribution in [2.45, 2.75) is 117 Å². The summed E-state index contributed by atoms with van der Waals surface area (Å²) >= 11 is 0. The molecule has 0 bridgehead atoms. The lowest BCUT2D eigenvalue weighted by Gasteiger charge is -2.38. The van der Waals surface area contributed by atoms with E-state index in [1.165, 1.54) is 19.3 Å². The first kappa shape index (κ1) is 22.9. The molecule has 158 valence electrons. The Balaban J connectivity index is 2.20. The van der Waals surface area contributed by atoms with E-state index in [1.54, 1.807) is 0 Å². The van der Waals surface area contributed by atoms with Crippen LogP contribution in [-0.4, -0.2) is 23.4 Å². The molecular formula is C24H40N2O2. The van der Waals surface area contributed by atoms with Crippen LogP contribution < -0.4 is 10.4 Å². The second-order valence-electron chi connectivity index (χ2n) is 10.6. The molecule has 4 nitrogen and oxygen atoms in total. The maximum Gasteiger partial charge on any atom is 0.292 e. The zero-order valence-electron chi connectivity index (χ0n) is 18.9. The molecule has 0 heterocycles. The average molecular weight is 389 g/mol. The molecule has 0 amide bonds. The van der Waals surface area contributed by atoms with Gasteiger partial charge in [0.15, 0.2) is 5.78 Å². The third-order valence-electron chi connectivity index (χ3n) is 5.90. The van der Waals surface area contributed by atoms with Crippen molar-refractivity contribution >= 4 is 5.78 Å². The second-order valence-corrected chi connectivity index (χ2v) is 10.6. The first-order chi connectivity index (χ1) is 13.0. The molecule has 2 atom stereocenters. The highest BCUT2D eigenvalue weighted by Gasteiger charge is 2.34. The van der Waals surface area contributed by atoms with Gasteiger partial charge in [-0.1, -0.05) is 32.0 Å². The molecule has 2 aliphatic rings. The predicted octanol–water partition coefficient (Wildman–Crippen LogP) is 4.83. The van der Waals surface area contributed by atoms with Gasteiger partial charge in [0.25, 0.3) is 12.1 Å². The molecule has 2 aliphatic carbocycles. The Labute approximate surface area is 172 Å². The number of hydrogen-bond acceptors (Lipinski definition) is 3. The molecule has 0 aromatic carbocycles. The summed E-state index contributed by atoms with van der Waals surface area (Å²) in [5.74, 6) is 0.0728. The van der Waals surface area contributed by atoms with Gasteiger partial charge < -0.3 is 5.11 Å². The van der Waals surface area contributed by atoms with E-state index in [-0.39, 0.29) is 34.5 Å². The van der Waals surface area contributed by atoms with Gasteiger partial charge in [-0.25, -0.2) is 0 Å². The molecule has 0 aromatic heterocycles. The van der Waals surface area contributed by atoms with Gasteiger partial charge in [0, 0.05) is 24.8 Å². The fraction of sp³-hybridized carbons (Fsp3) is 0.833. The smallest absolute Gasteiger partial charge is 0.292 e. The molecule has 1 fully saturated rings. The SMILES string of the molecule is CC[C@H](C[C@H](C#[N+]C1CCCCC1)NC(C)(C)C)C1=C([O-])CC(C)(C)CC1=O. The van der Waals surface area contributed by atoms with Crippen molar-refractivity contribution in [2.75, 3.05) is 0 Å². The Morgan fingerprint density at radius 1 is 1.21 bits per heavy atom. The first-order valence-electron chi connectivity index (χ1n) is 11.2. The summed E-state index contributed by atoms with van der Waals surface area (Å²) in [4.78, 5) is 17.5. The van der Waals surface area contributed by atoms with Crippen LogP contribution in [0.25, 0.3) is 4.85 Å². The Morgan fingerprint density at radius 2 is 1.86 bits per heavy atom. The Morgan fingerprint density at radius 3 is 2.39 bits per heavy atom. The van der Waals surface area contributed by atoms with E-state index in [0.717, 1.165) is 19.3 Å². The van der Waals surface area contributed by atoms with Crippen LogP contribution >= 0.6 is 0 Å². The van der Waals surface area contributed by atoms with Crippen molar-refractivity contribution in [2.24, 2.45) is 11.3 Å². The third-order valence-corrected chi connectivity index (χ3v) is 5.90. The van der Waals surface area contributed by atoms with E-state index < -0.39 is 0 Å². The quantitative estimate of drug-likeness (QED) is 0.734. The molecule has 0 unspecified atom stereocenters. The van der Waals surface area contributed by atoms with Crippen LogP contribution in [0.5, 0.6) is 0 Å². The summed E-state index contributed by atoms with van der Waals surface area (Å²) in [5.41, 5.74) is 0.251. The number of ketones is 1. The van der Waals surface area contributed by atoms with Crippen molar-refractivity contribution in [1.29, 1.82) is 0 Å². The van der Waals surface area contributed by atoms with Crippen molar-refractivity contribution in [3.8, 4) is 6.07 Å². The molecule has 28 heavy (non-hydrogen) atoms. The summed E-state index contributed by atoms with van der Waals surface area (Å²) in [6.45, 7) is 12.5. The van der Waals surface area contributed by atoms with Crippen molar-refractivity contribution in [1.82, 2.24) is 5.32 Å². The lowest BCUT2D eigenvalue weighted by atomic mass is 9.72. The topological polar surface area (TPSA) is 56.5 Å². The first-order valence-corrected chi connectivity index (χ1v) is 11.2. The van der Waals surface area contributed by atoms with Gasteiger partial charge in [0.1, 0.15) is 6.04 Å². The lowest BCUT2D eigenvalue weighted by Crippen LogP contribution is -2.44. The number of nitrogens with zero attached hydrogens (tertiary/aromatic N) is 1. The molecule has 1 N–H and O–H groups in total. The summed E-state index contributed by atoms with van der Waals surface area (Å²) in [6, 6.07) is 3.71. The van der Waals surface area contributed by atoms with E-state index >= 15 is 0 Å². The number of carbonyl (C=O) groups is 1. The van der Waals surface area contributed by atoms with Crippen LogP contribution in [0.1, 0.15) is 99.3 Å². The van der Waals surface area contributed by atoms with Gasteiger partial charge in [0.2, 0.25) is 0 Å². The van der Waals surface area contributed by atoms with E-state index in [1.807, 2.05) is 13.8 Å². The number of hydrogen-bond donors (Lipinski definition) is 1. The second kappa shape index (κ2) is 9.44. The molecule has 2 rings (SSSR count). The highest BCUT2D eigenvalue weighted by atomic mass is 16.3. The Bertz CT molecular complexity index is 640. The number of carbonyl (C=O) groups excluding carboxylic acids is 1. The number of Topliss-reactive ketones (excluding diaryl/α,β-unsaturated/α-hetero) is 1. The van der Waals surface area contributed by atoms with Crippen LogP contribution in [0, 0.1) is 17.4 Å². The van der Waals surface area contributed by atoms with E-state index in [0.29, 0.717) is 30.9 Å². The summed E-state index contributed by atoms with van der Waals surface area (Å²) < 4.78 is 0. The van der Waals surface area contributed by atoms with E-state index in [2.05, 4.69) is 39.1 Å². The van der Waals surface area contributed by atoms with Gasteiger partial charge >= 0.3 is 0 Å². The standard InChI is InChI=1S/C24H40N2O2/c1-7-17(22-20(27)14-24(5,6)15-21(22)28)13-19(26-23(2,3)4)16-25-18-11-9-8-10-12-18/h17-19,26H,7-15H2,1-6H3/t17-,19-/m1/s1. The van der Waals surface area contributed by atoms with E-state index in [9.17, 15) is 9.90 Å². The van der Waals surface area contributed by atoms with Crippen LogP contribution in [0.3, 0.4) is 0 Å². The number of rotatable bonds is 5. The number of nitrogens with one attached hydrogen (secondary N) is 1. The molecule has 0 saturated heterocycles. The van der Waals surface area contributed by atoms with Crippen LogP contribution in [0.2, 0.25) is 0 Å². The minimum Gasteiger partial charge on any atom is -0.875 e. The molecule has 4 heteroatoms. The number of allylic oxidation sites excluding steroid dienone is 2. The van der Waals surface area contributed by atoms with E-state index in [4.69, 9.17) is 4.85 Å². The minimum atomic E-state index is -0.215.